The molecule has 28 heavy (non-hydrogen) atoms. The Balaban J connectivity index is 1.47. The largest absolute Gasteiger partial charge is 0.451 e. The van der Waals surface area contributed by atoms with E-state index in [1.165, 1.54) is 30.3 Å². The van der Waals surface area contributed by atoms with Gasteiger partial charge in [-0.2, -0.15) is 4.98 Å². The molecule has 0 radical (unpaired) electrons. The summed E-state index contributed by atoms with van der Waals surface area (Å²) in [7, 11) is 0. The predicted octanol–water partition coefficient (Wildman–Crippen LogP) is 4.99. The quantitative estimate of drug-likeness (QED) is 0.472. The van der Waals surface area contributed by atoms with Crippen molar-refractivity contribution < 1.29 is 18.0 Å². The summed E-state index contributed by atoms with van der Waals surface area (Å²) in [6, 6.07) is 13.9. The molecule has 4 aromatic rings. The summed E-state index contributed by atoms with van der Waals surface area (Å²) in [4.78, 5) is 8.36. The van der Waals surface area contributed by atoms with Gasteiger partial charge in [0, 0.05) is 24.4 Å². The lowest BCUT2D eigenvalue weighted by Gasteiger charge is -2.08. The van der Waals surface area contributed by atoms with Crippen molar-refractivity contribution in [2.75, 3.05) is 0 Å². The van der Waals surface area contributed by atoms with Gasteiger partial charge in [-0.25, -0.2) is 8.78 Å². The summed E-state index contributed by atoms with van der Waals surface area (Å²) in [6.45, 7) is 0. The molecule has 0 atom stereocenters. The molecular weight excluding hydrogens is 364 g/mol. The molecule has 0 amide bonds. The monoisotopic (exact) mass is 379 g/mol. The van der Waals surface area contributed by atoms with Crippen LogP contribution in [-0.2, 0) is 12.8 Å². The minimum atomic E-state index is -0.650. The Morgan fingerprint density at radius 2 is 1.75 bits per heavy atom. The van der Waals surface area contributed by atoms with Crippen LogP contribution in [0.15, 0.2) is 71.5 Å². The molecule has 0 spiro atoms. The first-order valence-corrected chi connectivity index (χ1v) is 8.63. The molecule has 5 nitrogen and oxygen atoms in total. The number of benzene rings is 2. The van der Waals surface area contributed by atoms with Gasteiger partial charge >= 0.3 is 0 Å². The molecule has 0 N–H and O–H groups in total. The standard InChI is InChI=1S/C21H15F2N3O2/c22-16-5-1-2-6-18(16)27-19-9-8-15(12-17(19)23)21-25-20(28-26-21)10-7-14-4-3-11-24-13-14/h1-6,8-9,11-13H,7,10H2. The average Bonchev–Trinajstić information content (AvgIpc) is 3.19. The summed E-state index contributed by atoms with van der Waals surface area (Å²) >= 11 is 0. The van der Waals surface area contributed by atoms with Crippen molar-refractivity contribution in [3.8, 4) is 22.9 Å². The summed E-state index contributed by atoms with van der Waals surface area (Å²) in [5.41, 5.74) is 1.50. The second-order valence-electron chi connectivity index (χ2n) is 6.05. The normalized spacial score (nSPS) is 10.8. The number of ether oxygens (including phenoxy) is 1. The fourth-order valence-corrected chi connectivity index (χ4v) is 2.64. The van der Waals surface area contributed by atoms with Crippen molar-refractivity contribution >= 4 is 0 Å². The molecular formula is C21H15F2N3O2. The number of aryl methyl sites for hydroxylation is 2. The van der Waals surface area contributed by atoms with E-state index in [-0.39, 0.29) is 17.3 Å². The number of hydrogen-bond acceptors (Lipinski definition) is 5. The SMILES string of the molecule is Fc1ccccc1Oc1ccc(-c2noc(CCc3cccnc3)n2)cc1F. The summed E-state index contributed by atoms with van der Waals surface area (Å²) in [5.74, 6) is -0.631. The highest BCUT2D eigenvalue weighted by molar-refractivity contribution is 5.56. The van der Waals surface area contributed by atoms with Gasteiger partial charge in [-0.1, -0.05) is 23.4 Å². The molecule has 0 fully saturated rings. The highest BCUT2D eigenvalue weighted by atomic mass is 19.1. The Bertz CT molecular complexity index is 1080. The zero-order valence-corrected chi connectivity index (χ0v) is 14.7. The second-order valence-corrected chi connectivity index (χ2v) is 6.05. The number of hydrogen-bond donors (Lipinski definition) is 0. The van der Waals surface area contributed by atoms with Gasteiger partial charge in [-0.3, -0.25) is 4.98 Å². The van der Waals surface area contributed by atoms with E-state index in [1.54, 1.807) is 24.5 Å². The molecule has 0 saturated carbocycles. The molecule has 2 aromatic heterocycles. The first-order chi connectivity index (χ1) is 13.7. The van der Waals surface area contributed by atoms with Crippen LogP contribution >= 0.6 is 0 Å². The molecule has 7 heteroatoms. The highest BCUT2D eigenvalue weighted by Crippen LogP contribution is 2.29. The second kappa shape index (κ2) is 7.96. The van der Waals surface area contributed by atoms with Gasteiger partial charge < -0.3 is 9.26 Å². The summed E-state index contributed by atoms with van der Waals surface area (Å²) < 4.78 is 38.6. The number of pyridine rings is 1. The minimum Gasteiger partial charge on any atom is -0.451 e. The molecule has 0 aliphatic rings. The van der Waals surface area contributed by atoms with E-state index in [9.17, 15) is 8.78 Å². The van der Waals surface area contributed by atoms with E-state index in [0.29, 0.717) is 24.3 Å². The molecule has 140 valence electrons. The lowest BCUT2D eigenvalue weighted by Crippen LogP contribution is -1.93. The molecule has 2 heterocycles. The molecule has 4 rings (SSSR count). The lowest BCUT2D eigenvalue weighted by atomic mass is 10.1. The van der Waals surface area contributed by atoms with E-state index < -0.39 is 11.6 Å². The minimum absolute atomic E-state index is 0.0496. The first-order valence-electron chi connectivity index (χ1n) is 8.63. The van der Waals surface area contributed by atoms with Crippen LogP contribution in [0.25, 0.3) is 11.4 Å². The van der Waals surface area contributed by atoms with Crippen LogP contribution in [0, 0.1) is 11.6 Å². The van der Waals surface area contributed by atoms with Crippen molar-refractivity contribution in [2.24, 2.45) is 0 Å². The van der Waals surface area contributed by atoms with Crippen molar-refractivity contribution in [1.29, 1.82) is 0 Å². The zero-order chi connectivity index (χ0) is 19.3. The molecule has 0 aliphatic heterocycles. The van der Waals surface area contributed by atoms with Gasteiger partial charge in [-0.05, 0) is 48.4 Å². The fourth-order valence-electron chi connectivity index (χ4n) is 2.64. The van der Waals surface area contributed by atoms with Crippen LogP contribution in [0.4, 0.5) is 8.78 Å². The Morgan fingerprint density at radius 1 is 0.893 bits per heavy atom. The van der Waals surface area contributed by atoms with Crippen LogP contribution < -0.4 is 4.74 Å². The fraction of sp³-hybridized carbons (Fsp3) is 0.0952. The molecule has 0 aliphatic carbocycles. The van der Waals surface area contributed by atoms with Crippen LogP contribution in [0.5, 0.6) is 11.5 Å². The summed E-state index contributed by atoms with van der Waals surface area (Å²) in [5, 5.41) is 3.90. The van der Waals surface area contributed by atoms with E-state index in [0.717, 1.165) is 5.56 Å². The maximum Gasteiger partial charge on any atom is 0.227 e. The molecule has 0 bridgehead atoms. The summed E-state index contributed by atoms with van der Waals surface area (Å²) in [6.07, 6.45) is 4.75. The number of nitrogens with zero attached hydrogens (tertiary/aromatic N) is 3. The van der Waals surface area contributed by atoms with Gasteiger partial charge in [0.05, 0.1) is 0 Å². The Hall–Kier alpha value is -3.61. The Morgan fingerprint density at radius 3 is 2.54 bits per heavy atom. The Kier molecular flexibility index (Phi) is 5.05. The maximum absolute atomic E-state index is 14.4. The van der Waals surface area contributed by atoms with Crippen molar-refractivity contribution in [3.05, 3.63) is 90.1 Å². The number of para-hydroxylation sites is 1. The third-order valence-electron chi connectivity index (χ3n) is 4.07. The van der Waals surface area contributed by atoms with Gasteiger partial charge in [0.1, 0.15) is 0 Å². The van der Waals surface area contributed by atoms with Crippen LogP contribution in [0.3, 0.4) is 0 Å². The number of halogens is 2. The smallest absolute Gasteiger partial charge is 0.227 e. The third-order valence-corrected chi connectivity index (χ3v) is 4.07. The van der Waals surface area contributed by atoms with Crippen LogP contribution in [0.1, 0.15) is 11.5 Å². The van der Waals surface area contributed by atoms with Crippen molar-refractivity contribution in [2.45, 2.75) is 12.8 Å². The molecule has 0 saturated heterocycles. The van der Waals surface area contributed by atoms with E-state index in [1.807, 2.05) is 12.1 Å². The van der Waals surface area contributed by atoms with E-state index in [2.05, 4.69) is 15.1 Å². The first kappa shape index (κ1) is 17.8. The number of aromatic nitrogens is 3. The van der Waals surface area contributed by atoms with E-state index >= 15 is 0 Å². The van der Waals surface area contributed by atoms with Crippen molar-refractivity contribution in [3.63, 3.8) is 0 Å². The Labute approximate surface area is 159 Å². The topological polar surface area (TPSA) is 61.0 Å². The van der Waals surface area contributed by atoms with Crippen molar-refractivity contribution in [1.82, 2.24) is 15.1 Å². The van der Waals surface area contributed by atoms with Gasteiger partial charge in [-0.15, -0.1) is 0 Å². The van der Waals surface area contributed by atoms with Crippen LogP contribution in [0.2, 0.25) is 0 Å². The van der Waals surface area contributed by atoms with E-state index in [4.69, 9.17) is 9.26 Å². The average molecular weight is 379 g/mol. The zero-order valence-electron chi connectivity index (χ0n) is 14.7. The third kappa shape index (κ3) is 4.03. The van der Waals surface area contributed by atoms with Crippen LogP contribution in [-0.4, -0.2) is 15.1 Å². The molecule has 2 aromatic carbocycles. The predicted molar refractivity (Wildman–Crippen MR) is 97.8 cm³/mol. The molecule has 0 unspecified atom stereocenters. The van der Waals surface area contributed by atoms with Gasteiger partial charge in [0.15, 0.2) is 23.1 Å². The number of rotatable bonds is 6. The van der Waals surface area contributed by atoms with Gasteiger partial charge in [0.2, 0.25) is 11.7 Å². The highest BCUT2D eigenvalue weighted by Gasteiger charge is 2.13. The maximum atomic E-state index is 14.4. The van der Waals surface area contributed by atoms with Gasteiger partial charge in [0.25, 0.3) is 0 Å². The lowest BCUT2D eigenvalue weighted by molar-refractivity contribution is 0.379.